The molecule has 140 valence electrons. The lowest BCUT2D eigenvalue weighted by Crippen LogP contribution is -1.97. The number of hydrogen-bond acceptors (Lipinski definition) is 2. The molecule has 0 aliphatic heterocycles. The zero-order valence-corrected chi connectivity index (χ0v) is 16.0. The van der Waals surface area contributed by atoms with Gasteiger partial charge in [-0.25, -0.2) is 0 Å². The molecule has 2 nitrogen and oxygen atoms in total. The van der Waals surface area contributed by atoms with Gasteiger partial charge in [-0.1, -0.05) is 78.9 Å². The Balaban J connectivity index is 1.30. The predicted octanol–water partition coefficient (Wildman–Crippen LogP) is 6.24. The molecule has 29 heavy (non-hydrogen) atoms. The van der Waals surface area contributed by atoms with E-state index in [1.807, 2.05) is 60.7 Å². The van der Waals surface area contributed by atoms with Gasteiger partial charge in [0.05, 0.1) is 0 Å². The monoisotopic (exact) mass is 376 g/mol. The van der Waals surface area contributed by atoms with Gasteiger partial charge in [-0.05, 0) is 45.7 Å². The summed E-state index contributed by atoms with van der Waals surface area (Å²) in [5.41, 5.74) is 4.96. The summed E-state index contributed by atoms with van der Waals surface area (Å²) >= 11 is 0. The molecule has 1 aliphatic rings. The highest BCUT2D eigenvalue weighted by Crippen LogP contribution is 2.28. The first-order chi connectivity index (χ1) is 14.3. The summed E-state index contributed by atoms with van der Waals surface area (Å²) in [5.74, 6) is 0.956. The van der Waals surface area contributed by atoms with Crippen LogP contribution < -0.4 is 4.74 Å². The van der Waals surface area contributed by atoms with Gasteiger partial charge < -0.3 is 4.74 Å². The molecule has 0 radical (unpaired) electrons. The second-order valence-electron chi connectivity index (χ2n) is 7.33. The fourth-order valence-corrected chi connectivity index (χ4v) is 3.91. The summed E-state index contributed by atoms with van der Waals surface area (Å²) in [7, 11) is 0. The summed E-state index contributed by atoms with van der Waals surface area (Å²) in [4.78, 5) is 12.5. The summed E-state index contributed by atoms with van der Waals surface area (Å²) in [6.07, 6.45) is 2.69. The van der Waals surface area contributed by atoms with Gasteiger partial charge in [0, 0.05) is 17.6 Å². The minimum absolute atomic E-state index is 0.136. The number of ketones is 1. The molecule has 4 aromatic rings. The van der Waals surface area contributed by atoms with E-state index in [2.05, 4.69) is 36.4 Å². The van der Waals surface area contributed by atoms with Crippen molar-refractivity contribution in [3.05, 3.63) is 119 Å². The Bertz CT molecular complexity index is 1230. The van der Waals surface area contributed by atoms with Crippen molar-refractivity contribution < 1.29 is 9.53 Å². The Morgan fingerprint density at radius 2 is 1.55 bits per heavy atom. The van der Waals surface area contributed by atoms with E-state index in [4.69, 9.17) is 4.74 Å². The van der Waals surface area contributed by atoms with E-state index in [9.17, 15) is 4.79 Å². The fraction of sp³-hybridized carbons (Fsp3) is 0.0741. The molecule has 2 heteroatoms. The molecule has 0 unspecified atom stereocenters. The molecule has 0 spiro atoms. The van der Waals surface area contributed by atoms with Crippen molar-refractivity contribution in [1.82, 2.24) is 0 Å². The molecule has 0 fully saturated rings. The number of allylic oxidation sites excluding steroid dienone is 1. The number of fused-ring (bicyclic) bond motifs is 2. The van der Waals surface area contributed by atoms with Crippen LogP contribution in [-0.4, -0.2) is 5.78 Å². The zero-order chi connectivity index (χ0) is 19.6. The third kappa shape index (κ3) is 3.45. The molecule has 0 N–H and O–H groups in total. The largest absolute Gasteiger partial charge is 0.489 e. The van der Waals surface area contributed by atoms with Crippen LogP contribution in [0.4, 0.5) is 0 Å². The van der Waals surface area contributed by atoms with Crippen molar-refractivity contribution in [3.63, 3.8) is 0 Å². The number of carbonyl (C=O) groups excluding carboxylic acids is 1. The maximum Gasteiger partial charge on any atom is 0.189 e. The Kier molecular flexibility index (Phi) is 4.45. The van der Waals surface area contributed by atoms with Crippen molar-refractivity contribution >= 4 is 22.6 Å². The number of rotatable bonds is 4. The predicted molar refractivity (Wildman–Crippen MR) is 117 cm³/mol. The van der Waals surface area contributed by atoms with Crippen LogP contribution in [0.15, 0.2) is 96.6 Å². The van der Waals surface area contributed by atoms with Crippen LogP contribution in [0.5, 0.6) is 5.75 Å². The van der Waals surface area contributed by atoms with Crippen LogP contribution in [0.25, 0.3) is 16.8 Å². The lowest BCUT2D eigenvalue weighted by molar-refractivity contribution is 0.104. The van der Waals surface area contributed by atoms with Crippen molar-refractivity contribution in [1.29, 1.82) is 0 Å². The standard InChI is InChI=1S/C27H20O2/c28-27-23(17-21-7-2-4-11-26(21)27)16-19-12-14-24(15-13-19)29-18-22-9-5-8-20-6-1-3-10-25(20)22/h1-16H,17-18H2/b23-16+. The van der Waals surface area contributed by atoms with E-state index in [0.29, 0.717) is 13.0 Å². The number of carbonyl (C=O) groups is 1. The van der Waals surface area contributed by atoms with E-state index in [-0.39, 0.29) is 5.78 Å². The molecule has 0 aromatic heterocycles. The number of ether oxygens (including phenoxy) is 1. The molecule has 0 saturated carbocycles. The highest BCUT2D eigenvalue weighted by molar-refractivity contribution is 6.15. The van der Waals surface area contributed by atoms with Crippen molar-refractivity contribution in [2.75, 3.05) is 0 Å². The highest BCUT2D eigenvalue weighted by Gasteiger charge is 2.23. The lowest BCUT2D eigenvalue weighted by atomic mass is 10.1. The van der Waals surface area contributed by atoms with E-state index in [0.717, 1.165) is 28.0 Å². The zero-order valence-electron chi connectivity index (χ0n) is 16.0. The topological polar surface area (TPSA) is 26.3 Å². The van der Waals surface area contributed by atoms with Gasteiger partial charge in [-0.3, -0.25) is 4.79 Å². The van der Waals surface area contributed by atoms with Crippen molar-refractivity contribution in [2.24, 2.45) is 0 Å². The van der Waals surface area contributed by atoms with Crippen LogP contribution in [0.3, 0.4) is 0 Å². The molecule has 0 bridgehead atoms. The van der Waals surface area contributed by atoms with E-state index >= 15 is 0 Å². The first-order valence-corrected chi connectivity index (χ1v) is 9.81. The van der Waals surface area contributed by atoms with Crippen LogP contribution >= 0.6 is 0 Å². The molecule has 4 aromatic carbocycles. The molecular weight excluding hydrogens is 356 g/mol. The van der Waals surface area contributed by atoms with Crippen LogP contribution in [0, 0.1) is 0 Å². The summed E-state index contributed by atoms with van der Waals surface area (Å²) in [6, 6.07) is 30.4. The van der Waals surface area contributed by atoms with Gasteiger partial charge >= 0.3 is 0 Å². The lowest BCUT2D eigenvalue weighted by Gasteiger charge is -2.09. The highest BCUT2D eigenvalue weighted by atomic mass is 16.5. The Morgan fingerprint density at radius 3 is 2.41 bits per heavy atom. The maximum absolute atomic E-state index is 12.5. The van der Waals surface area contributed by atoms with E-state index in [1.54, 1.807) is 0 Å². The number of hydrogen-bond donors (Lipinski definition) is 0. The van der Waals surface area contributed by atoms with Crippen LogP contribution in [0.1, 0.15) is 27.0 Å². The SMILES string of the molecule is O=C1/C(=C/c2ccc(OCc3cccc4ccccc34)cc2)Cc2ccccc21. The smallest absolute Gasteiger partial charge is 0.189 e. The van der Waals surface area contributed by atoms with Gasteiger partial charge in [-0.2, -0.15) is 0 Å². The van der Waals surface area contributed by atoms with Crippen molar-refractivity contribution in [2.45, 2.75) is 13.0 Å². The first kappa shape index (κ1) is 17.4. The Morgan fingerprint density at radius 1 is 0.793 bits per heavy atom. The van der Waals surface area contributed by atoms with Crippen LogP contribution in [-0.2, 0) is 13.0 Å². The Labute approximate surface area is 170 Å². The third-order valence-corrected chi connectivity index (χ3v) is 5.43. The average Bonchev–Trinajstić information content (AvgIpc) is 3.09. The quantitative estimate of drug-likeness (QED) is 0.394. The maximum atomic E-state index is 12.5. The number of benzene rings is 4. The second-order valence-corrected chi connectivity index (χ2v) is 7.33. The van der Waals surface area contributed by atoms with Crippen molar-refractivity contribution in [3.8, 4) is 5.75 Å². The number of Topliss-reactive ketones (excluding diaryl/α,β-unsaturated/α-hetero) is 1. The molecule has 5 rings (SSSR count). The summed E-state index contributed by atoms with van der Waals surface area (Å²) in [6.45, 7) is 0.523. The molecule has 1 aliphatic carbocycles. The summed E-state index contributed by atoms with van der Waals surface area (Å²) in [5, 5.41) is 2.44. The average molecular weight is 376 g/mol. The Hall–Kier alpha value is -3.65. The van der Waals surface area contributed by atoms with E-state index in [1.165, 1.54) is 16.3 Å². The van der Waals surface area contributed by atoms with Crippen LogP contribution in [0.2, 0.25) is 0 Å². The fourth-order valence-electron chi connectivity index (χ4n) is 3.91. The molecule has 0 amide bonds. The molecule has 0 saturated heterocycles. The molecule has 0 atom stereocenters. The van der Waals surface area contributed by atoms with Gasteiger partial charge in [0.25, 0.3) is 0 Å². The van der Waals surface area contributed by atoms with E-state index < -0.39 is 0 Å². The molecular formula is C27H20O2. The van der Waals surface area contributed by atoms with Gasteiger partial charge in [0.1, 0.15) is 12.4 Å². The second kappa shape index (κ2) is 7.40. The normalized spacial score (nSPS) is 14.3. The third-order valence-electron chi connectivity index (χ3n) is 5.43. The minimum atomic E-state index is 0.136. The van der Waals surface area contributed by atoms with Gasteiger partial charge in [-0.15, -0.1) is 0 Å². The first-order valence-electron chi connectivity index (χ1n) is 9.81. The minimum Gasteiger partial charge on any atom is -0.489 e. The van der Waals surface area contributed by atoms with Gasteiger partial charge in [0.2, 0.25) is 0 Å². The molecule has 0 heterocycles. The van der Waals surface area contributed by atoms with Gasteiger partial charge in [0.15, 0.2) is 5.78 Å². The summed E-state index contributed by atoms with van der Waals surface area (Å²) < 4.78 is 6.01.